The van der Waals surface area contributed by atoms with Crippen LogP contribution in [0.2, 0.25) is 0 Å². The zero-order chi connectivity index (χ0) is 12.6. The van der Waals surface area contributed by atoms with Gasteiger partial charge in [0.1, 0.15) is 0 Å². The summed E-state index contributed by atoms with van der Waals surface area (Å²) in [7, 11) is 0. The molecule has 3 fully saturated rings. The zero-order valence-electron chi connectivity index (χ0n) is 11.0. The van der Waals surface area contributed by atoms with Gasteiger partial charge in [-0.1, -0.05) is 0 Å². The number of aliphatic hydroxyl groups is 1. The van der Waals surface area contributed by atoms with E-state index < -0.39 is 5.79 Å². The maximum absolute atomic E-state index is 10.3. The fourth-order valence-corrected chi connectivity index (χ4v) is 3.45. The van der Waals surface area contributed by atoms with Crippen molar-refractivity contribution in [2.75, 3.05) is 33.0 Å². The molecule has 3 rings (SSSR count). The molecule has 0 bridgehead atoms. The predicted octanol–water partition coefficient (Wildman–Crippen LogP) is 0.364. The lowest BCUT2D eigenvalue weighted by atomic mass is 9.85. The second kappa shape index (κ2) is 5.06. The Morgan fingerprint density at radius 2 is 2.00 bits per heavy atom. The van der Waals surface area contributed by atoms with E-state index in [4.69, 9.17) is 14.2 Å². The topological polar surface area (TPSA) is 51.2 Å². The minimum Gasteiger partial charge on any atom is -0.391 e. The van der Waals surface area contributed by atoms with Crippen molar-refractivity contribution in [3.8, 4) is 0 Å². The van der Waals surface area contributed by atoms with Crippen LogP contribution in [0.25, 0.3) is 0 Å². The summed E-state index contributed by atoms with van der Waals surface area (Å²) in [6, 6.07) is 0.491. The maximum atomic E-state index is 10.3. The van der Waals surface area contributed by atoms with Crippen molar-refractivity contribution in [1.29, 1.82) is 0 Å². The van der Waals surface area contributed by atoms with E-state index in [0.29, 0.717) is 19.3 Å². The molecule has 5 nitrogen and oxygen atoms in total. The van der Waals surface area contributed by atoms with Gasteiger partial charge in [0.15, 0.2) is 5.79 Å². The number of morpholine rings is 1. The number of aliphatic hydroxyl groups excluding tert-OH is 1. The van der Waals surface area contributed by atoms with Crippen LogP contribution in [0.4, 0.5) is 0 Å². The normalized spacial score (nSPS) is 41.3. The first kappa shape index (κ1) is 12.8. The molecule has 0 amide bonds. The van der Waals surface area contributed by atoms with Crippen LogP contribution in [0.5, 0.6) is 0 Å². The average molecular weight is 257 g/mol. The average Bonchev–Trinajstić information content (AvgIpc) is 2.82. The number of hydrogen-bond acceptors (Lipinski definition) is 5. The Labute approximate surface area is 108 Å². The summed E-state index contributed by atoms with van der Waals surface area (Å²) >= 11 is 0. The zero-order valence-corrected chi connectivity index (χ0v) is 11.0. The Balaban J connectivity index is 1.72. The minimum absolute atomic E-state index is 0.135. The molecule has 1 spiro atoms. The van der Waals surface area contributed by atoms with E-state index in [1.165, 1.54) is 0 Å². The lowest BCUT2D eigenvalue weighted by Crippen LogP contribution is -2.58. The number of hydrogen-bond donors (Lipinski definition) is 1. The molecule has 104 valence electrons. The van der Waals surface area contributed by atoms with Crippen LogP contribution in [0.15, 0.2) is 0 Å². The van der Waals surface area contributed by atoms with Gasteiger partial charge in [0.25, 0.3) is 0 Å². The third-order valence-corrected chi connectivity index (χ3v) is 4.44. The summed E-state index contributed by atoms with van der Waals surface area (Å²) in [6.45, 7) is 5.91. The lowest BCUT2D eigenvalue weighted by Gasteiger charge is -2.47. The molecule has 2 heterocycles. The molecule has 0 radical (unpaired) electrons. The fraction of sp³-hybridized carbons (Fsp3) is 1.00. The van der Waals surface area contributed by atoms with Gasteiger partial charge >= 0.3 is 0 Å². The third-order valence-electron chi connectivity index (χ3n) is 4.44. The summed E-state index contributed by atoms with van der Waals surface area (Å²) in [5.41, 5.74) is 0. The van der Waals surface area contributed by atoms with Gasteiger partial charge in [-0.25, -0.2) is 0 Å². The highest BCUT2D eigenvalue weighted by Gasteiger charge is 2.47. The van der Waals surface area contributed by atoms with Crippen molar-refractivity contribution in [3.05, 3.63) is 0 Å². The molecule has 5 heteroatoms. The molecular weight excluding hydrogens is 234 g/mol. The van der Waals surface area contributed by atoms with Crippen LogP contribution < -0.4 is 0 Å². The summed E-state index contributed by atoms with van der Waals surface area (Å²) in [5.74, 6) is -0.429. The second-order valence-corrected chi connectivity index (χ2v) is 5.65. The summed E-state index contributed by atoms with van der Waals surface area (Å²) in [4.78, 5) is 2.36. The Morgan fingerprint density at radius 1 is 1.22 bits per heavy atom. The molecule has 2 saturated heterocycles. The maximum Gasteiger partial charge on any atom is 0.170 e. The highest BCUT2D eigenvalue weighted by molar-refractivity contribution is 4.95. The predicted molar refractivity (Wildman–Crippen MR) is 65.3 cm³/mol. The Bertz CT molecular complexity index is 293. The standard InChI is InChI=1S/C13H23NO4/c1-10-9-16-5-4-14(10)11-8-13(3-2-12(11)15)17-6-7-18-13/h10-12,15H,2-9H2,1H3. The van der Waals surface area contributed by atoms with Gasteiger partial charge in [0.2, 0.25) is 0 Å². The van der Waals surface area contributed by atoms with Crippen LogP contribution in [-0.4, -0.2) is 67.0 Å². The third kappa shape index (κ3) is 2.30. The van der Waals surface area contributed by atoms with Gasteiger partial charge in [-0.05, 0) is 13.3 Å². The van der Waals surface area contributed by atoms with Gasteiger partial charge in [-0.2, -0.15) is 0 Å². The van der Waals surface area contributed by atoms with E-state index in [-0.39, 0.29) is 12.1 Å². The molecule has 3 aliphatic rings. The monoisotopic (exact) mass is 257 g/mol. The molecular formula is C13H23NO4. The molecule has 0 aromatic carbocycles. The van der Waals surface area contributed by atoms with E-state index in [9.17, 15) is 5.11 Å². The van der Waals surface area contributed by atoms with Gasteiger partial charge in [0.05, 0.1) is 32.5 Å². The first-order valence-electron chi connectivity index (χ1n) is 7.00. The highest BCUT2D eigenvalue weighted by Crippen LogP contribution is 2.38. The van der Waals surface area contributed by atoms with Gasteiger partial charge in [-0.3, -0.25) is 4.90 Å². The van der Waals surface area contributed by atoms with Crippen molar-refractivity contribution in [3.63, 3.8) is 0 Å². The van der Waals surface area contributed by atoms with Crippen molar-refractivity contribution < 1.29 is 19.3 Å². The van der Waals surface area contributed by atoms with E-state index >= 15 is 0 Å². The minimum atomic E-state index is -0.429. The van der Waals surface area contributed by atoms with Crippen molar-refractivity contribution >= 4 is 0 Å². The van der Waals surface area contributed by atoms with Crippen LogP contribution in [0.3, 0.4) is 0 Å². The molecule has 1 N–H and O–H groups in total. The van der Waals surface area contributed by atoms with Crippen molar-refractivity contribution in [2.24, 2.45) is 0 Å². The van der Waals surface area contributed by atoms with E-state index in [0.717, 1.165) is 39.0 Å². The number of nitrogens with zero attached hydrogens (tertiary/aromatic N) is 1. The van der Waals surface area contributed by atoms with E-state index in [1.807, 2.05) is 0 Å². The first-order chi connectivity index (χ1) is 8.70. The first-order valence-corrected chi connectivity index (χ1v) is 7.00. The molecule has 1 aliphatic carbocycles. The molecule has 3 atom stereocenters. The fourth-order valence-electron chi connectivity index (χ4n) is 3.45. The van der Waals surface area contributed by atoms with Gasteiger partial charge in [-0.15, -0.1) is 0 Å². The van der Waals surface area contributed by atoms with Crippen LogP contribution in [-0.2, 0) is 14.2 Å². The molecule has 3 unspecified atom stereocenters. The van der Waals surface area contributed by atoms with Gasteiger partial charge in [0, 0.05) is 31.5 Å². The number of rotatable bonds is 1. The quantitative estimate of drug-likeness (QED) is 0.735. The largest absolute Gasteiger partial charge is 0.391 e. The molecule has 18 heavy (non-hydrogen) atoms. The summed E-state index contributed by atoms with van der Waals surface area (Å²) in [6.07, 6.45) is 2.07. The SMILES string of the molecule is CC1COCCN1C1CC2(CCC1O)OCCO2. The molecule has 0 aromatic heterocycles. The van der Waals surface area contributed by atoms with Gasteiger partial charge < -0.3 is 19.3 Å². The van der Waals surface area contributed by atoms with E-state index in [1.54, 1.807) is 0 Å². The Morgan fingerprint density at radius 3 is 2.72 bits per heavy atom. The number of ether oxygens (including phenoxy) is 3. The van der Waals surface area contributed by atoms with Crippen LogP contribution in [0, 0.1) is 0 Å². The Kier molecular flexibility index (Phi) is 3.60. The Hall–Kier alpha value is -0.200. The van der Waals surface area contributed by atoms with Crippen LogP contribution >= 0.6 is 0 Å². The smallest absolute Gasteiger partial charge is 0.170 e. The van der Waals surface area contributed by atoms with Crippen molar-refractivity contribution in [2.45, 2.75) is 50.2 Å². The molecule has 0 aromatic rings. The van der Waals surface area contributed by atoms with Crippen LogP contribution in [0.1, 0.15) is 26.2 Å². The molecule has 2 aliphatic heterocycles. The van der Waals surface area contributed by atoms with E-state index in [2.05, 4.69) is 11.8 Å². The highest BCUT2D eigenvalue weighted by atomic mass is 16.7. The summed E-state index contributed by atoms with van der Waals surface area (Å²) < 4.78 is 17.1. The lowest BCUT2D eigenvalue weighted by molar-refractivity contribution is -0.211. The summed E-state index contributed by atoms with van der Waals surface area (Å²) in [5, 5.41) is 10.3. The molecule has 1 saturated carbocycles. The van der Waals surface area contributed by atoms with Crippen molar-refractivity contribution in [1.82, 2.24) is 4.90 Å². The second-order valence-electron chi connectivity index (χ2n) is 5.65.